The smallest absolute Gasteiger partial charge is 0.227 e. The van der Waals surface area contributed by atoms with Crippen LogP contribution in [0.5, 0.6) is 0 Å². The van der Waals surface area contributed by atoms with Crippen molar-refractivity contribution in [1.82, 2.24) is 0 Å². The summed E-state index contributed by atoms with van der Waals surface area (Å²) in [5, 5.41) is 2.92. The van der Waals surface area contributed by atoms with E-state index in [2.05, 4.69) is 5.32 Å². The van der Waals surface area contributed by atoms with Crippen LogP contribution in [0, 0.1) is 12.8 Å². The first-order valence-corrected chi connectivity index (χ1v) is 7.24. The molecule has 4 heteroatoms. The van der Waals surface area contributed by atoms with E-state index in [9.17, 15) is 9.59 Å². The van der Waals surface area contributed by atoms with Gasteiger partial charge in [-0.05, 0) is 43.5 Å². The number of benzene rings is 1. The lowest BCUT2D eigenvalue weighted by molar-refractivity contribution is -0.119. The standard InChI is InChI=1S/C16H22N2O2/c1-4-11(2)16(20)17-13-7-8-14(12(3)10-13)18-9-5-6-15(18)19/h7-8,10-11H,4-6,9H2,1-3H3,(H,17,20). The molecule has 1 aromatic carbocycles. The fourth-order valence-electron chi connectivity index (χ4n) is 2.39. The molecular formula is C16H22N2O2. The van der Waals surface area contributed by atoms with Crippen molar-refractivity contribution in [2.75, 3.05) is 16.8 Å². The van der Waals surface area contributed by atoms with E-state index < -0.39 is 0 Å². The summed E-state index contributed by atoms with van der Waals surface area (Å²) in [7, 11) is 0. The highest BCUT2D eigenvalue weighted by Gasteiger charge is 2.23. The lowest BCUT2D eigenvalue weighted by atomic mass is 10.1. The summed E-state index contributed by atoms with van der Waals surface area (Å²) in [4.78, 5) is 25.5. The number of amides is 2. The number of carbonyl (C=O) groups excluding carboxylic acids is 2. The third kappa shape index (κ3) is 3.00. The van der Waals surface area contributed by atoms with Gasteiger partial charge in [0.25, 0.3) is 0 Å². The first-order chi connectivity index (χ1) is 9.52. The lowest BCUT2D eigenvalue weighted by Gasteiger charge is -2.19. The molecule has 0 radical (unpaired) electrons. The third-order valence-corrected chi connectivity index (χ3v) is 3.89. The van der Waals surface area contributed by atoms with Crippen molar-refractivity contribution >= 4 is 23.2 Å². The Morgan fingerprint density at radius 1 is 1.45 bits per heavy atom. The molecule has 4 nitrogen and oxygen atoms in total. The van der Waals surface area contributed by atoms with Gasteiger partial charge in [-0.3, -0.25) is 9.59 Å². The molecular weight excluding hydrogens is 252 g/mol. The highest BCUT2D eigenvalue weighted by atomic mass is 16.2. The largest absolute Gasteiger partial charge is 0.326 e. The minimum absolute atomic E-state index is 0.00939. The van der Waals surface area contributed by atoms with Gasteiger partial charge in [0.05, 0.1) is 0 Å². The van der Waals surface area contributed by atoms with Gasteiger partial charge in [0.1, 0.15) is 0 Å². The Hall–Kier alpha value is -1.84. The summed E-state index contributed by atoms with van der Waals surface area (Å²) in [6.45, 7) is 6.68. The number of anilines is 2. The number of hydrogen-bond donors (Lipinski definition) is 1. The second kappa shape index (κ2) is 6.07. The maximum atomic E-state index is 11.9. The molecule has 0 bridgehead atoms. The normalized spacial score (nSPS) is 16.4. The summed E-state index contributed by atoms with van der Waals surface area (Å²) >= 11 is 0. The van der Waals surface area contributed by atoms with Crippen LogP contribution >= 0.6 is 0 Å². The van der Waals surface area contributed by atoms with E-state index in [1.54, 1.807) is 0 Å². The molecule has 1 aliphatic heterocycles. The van der Waals surface area contributed by atoms with E-state index in [-0.39, 0.29) is 17.7 Å². The van der Waals surface area contributed by atoms with E-state index in [0.29, 0.717) is 6.42 Å². The Labute approximate surface area is 120 Å². The zero-order valence-corrected chi connectivity index (χ0v) is 12.4. The van der Waals surface area contributed by atoms with Crippen molar-refractivity contribution in [3.05, 3.63) is 23.8 Å². The van der Waals surface area contributed by atoms with E-state index in [4.69, 9.17) is 0 Å². The molecule has 1 atom stereocenters. The van der Waals surface area contributed by atoms with Crippen molar-refractivity contribution in [3.63, 3.8) is 0 Å². The molecule has 1 aromatic rings. The van der Waals surface area contributed by atoms with Crippen LogP contribution in [-0.2, 0) is 9.59 Å². The third-order valence-electron chi connectivity index (χ3n) is 3.89. The fourth-order valence-corrected chi connectivity index (χ4v) is 2.39. The van der Waals surface area contributed by atoms with E-state index in [1.807, 2.05) is 43.9 Å². The molecule has 20 heavy (non-hydrogen) atoms. The van der Waals surface area contributed by atoms with Crippen molar-refractivity contribution < 1.29 is 9.59 Å². The number of carbonyl (C=O) groups is 2. The predicted molar refractivity (Wildman–Crippen MR) is 80.9 cm³/mol. The van der Waals surface area contributed by atoms with Gasteiger partial charge < -0.3 is 10.2 Å². The number of nitrogens with zero attached hydrogens (tertiary/aromatic N) is 1. The highest BCUT2D eigenvalue weighted by molar-refractivity contribution is 5.97. The summed E-state index contributed by atoms with van der Waals surface area (Å²) in [5.41, 5.74) is 2.76. The Balaban J connectivity index is 2.13. The van der Waals surface area contributed by atoms with Crippen LogP contribution in [0.2, 0.25) is 0 Å². The summed E-state index contributed by atoms with van der Waals surface area (Å²) in [6, 6.07) is 5.72. The number of rotatable bonds is 4. The van der Waals surface area contributed by atoms with Crippen molar-refractivity contribution in [3.8, 4) is 0 Å². The lowest BCUT2D eigenvalue weighted by Crippen LogP contribution is -2.24. The van der Waals surface area contributed by atoms with Crippen LogP contribution in [0.25, 0.3) is 0 Å². The van der Waals surface area contributed by atoms with Gasteiger partial charge in [-0.25, -0.2) is 0 Å². The zero-order chi connectivity index (χ0) is 14.7. The molecule has 0 aromatic heterocycles. The van der Waals surface area contributed by atoms with Crippen LogP contribution in [0.15, 0.2) is 18.2 Å². The summed E-state index contributed by atoms with van der Waals surface area (Å²) < 4.78 is 0. The summed E-state index contributed by atoms with van der Waals surface area (Å²) in [5.74, 6) is 0.233. The fraction of sp³-hybridized carbons (Fsp3) is 0.500. The van der Waals surface area contributed by atoms with Gasteiger partial charge in [0.15, 0.2) is 0 Å². The average Bonchev–Trinajstić information content (AvgIpc) is 2.84. The molecule has 108 valence electrons. The quantitative estimate of drug-likeness (QED) is 0.917. The van der Waals surface area contributed by atoms with E-state index in [0.717, 1.165) is 36.3 Å². The number of hydrogen-bond acceptors (Lipinski definition) is 2. The Morgan fingerprint density at radius 2 is 2.20 bits per heavy atom. The van der Waals surface area contributed by atoms with Gasteiger partial charge in [-0.2, -0.15) is 0 Å². The molecule has 2 rings (SSSR count). The minimum atomic E-state index is 0.00939. The van der Waals surface area contributed by atoms with Gasteiger partial charge in [0.2, 0.25) is 11.8 Å². The van der Waals surface area contributed by atoms with Crippen molar-refractivity contribution in [2.45, 2.75) is 40.0 Å². The maximum Gasteiger partial charge on any atom is 0.227 e. The average molecular weight is 274 g/mol. The van der Waals surface area contributed by atoms with Gasteiger partial charge in [-0.15, -0.1) is 0 Å². The highest BCUT2D eigenvalue weighted by Crippen LogP contribution is 2.27. The summed E-state index contributed by atoms with van der Waals surface area (Å²) in [6.07, 6.45) is 2.38. The molecule has 0 aliphatic carbocycles. The second-order valence-corrected chi connectivity index (χ2v) is 5.45. The van der Waals surface area contributed by atoms with Crippen LogP contribution in [0.3, 0.4) is 0 Å². The van der Waals surface area contributed by atoms with Crippen LogP contribution in [-0.4, -0.2) is 18.4 Å². The Morgan fingerprint density at radius 3 is 2.75 bits per heavy atom. The molecule has 1 heterocycles. The van der Waals surface area contributed by atoms with Crippen molar-refractivity contribution in [1.29, 1.82) is 0 Å². The SMILES string of the molecule is CCC(C)C(=O)Nc1ccc(N2CCCC2=O)c(C)c1. The first-order valence-electron chi connectivity index (χ1n) is 7.24. The predicted octanol–water partition coefficient (Wildman–Crippen LogP) is 3.11. The molecule has 1 N–H and O–H groups in total. The van der Waals surface area contributed by atoms with Gasteiger partial charge in [0, 0.05) is 30.3 Å². The number of nitrogens with one attached hydrogen (secondary N) is 1. The second-order valence-electron chi connectivity index (χ2n) is 5.45. The molecule has 0 saturated carbocycles. The topological polar surface area (TPSA) is 49.4 Å². The monoisotopic (exact) mass is 274 g/mol. The first kappa shape index (κ1) is 14.6. The molecule has 1 fully saturated rings. The Bertz CT molecular complexity index is 525. The van der Waals surface area contributed by atoms with Gasteiger partial charge in [-0.1, -0.05) is 13.8 Å². The van der Waals surface area contributed by atoms with Crippen molar-refractivity contribution in [2.24, 2.45) is 5.92 Å². The molecule has 1 saturated heterocycles. The molecule has 0 spiro atoms. The molecule has 1 aliphatic rings. The van der Waals surface area contributed by atoms with E-state index >= 15 is 0 Å². The maximum absolute atomic E-state index is 11.9. The molecule has 2 amide bonds. The molecule has 1 unspecified atom stereocenters. The van der Waals surface area contributed by atoms with Crippen LogP contribution in [0.4, 0.5) is 11.4 Å². The minimum Gasteiger partial charge on any atom is -0.326 e. The number of aryl methyl sites for hydroxylation is 1. The van der Waals surface area contributed by atoms with Crippen LogP contribution in [0.1, 0.15) is 38.7 Å². The Kier molecular flexibility index (Phi) is 4.42. The van der Waals surface area contributed by atoms with E-state index in [1.165, 1.54) is 0 Å². The van der Waals surface area contributed by atoms with Crippen LogP contribution < -0.4 is 10.2 Å². The zero-order valence-electron chi connectivity index (χ0n) is 12.4. The van der Waals surface area contributed by atoms with Gasteiger partial charge >= 0.3 is 0 Å².